The first kappa shape index (κ1) is 22.2. The highest BCUT2D eigenvalue weighted by Crippen LogP contribution is 2.20. The molecule has 2 heterocycles. The molecule has 2 amide bonds. The average Bonchev–Trinajstić information content (AvgIpc) is 3.32. The van der Waals surface area contributed by atoms with Gasteiger partial charge in [-0.15, -0.1) is 0 Å². The van der Waals surface area contributed by atoms with Crippen LogP contribution in [0.4, 0.5) is 0 Å². The number of aromatic nitrogens is 2. The molecule has 2 aromatic carbocycles. The Bertz CT molecular complexity index is 1090. The molecule has 7 nitrogen and oxygen atoms in total. The van der Waals surface area contributed by atoms with E-state index >= 15 is 0 Å². The van der Waals surface area contributed by atoms with Gasteiger partial charge in [0.25, 0.3) is 11.8 Å². The molecule has 0 radical (unpaired) electrons. The molecule has 0 saturated carbocycles. The second-order valence-corrected chi connectivity index (χ2v) is 8.46. The van der Waals surface area contributed by atoms with E-state index in [2.05, 4.69) is 4.98 Å². The number of hydrogen-bond acceptors (Lipinski definition) is 5. The van der Waals surface area contributed by atoms with E-state index in [4.69, 9.17) is 16.3 Å². The molecule has 0 spiro atoms. The fourth-order valence-electron chi connectivity index (χ4n) is 3.53. The summed E-state index contributed by atoms with van der Waals surface area (Å²) in [4.78, 5) is 33.4. The smallest absolute Gasteiger partial charge is 0.260 e. The molecule has 0 bridgehead atoms. The third-order valence-corrected chi connectivity index (χ3v) is 6.18. The van der Waals surface area contributed by atoms with Gasteiger partial charge in [-0.2, -0.15) is 0 Å². The Labute approximate surface area is 195 Å². The summed E-state index contributed by atoms with van der Waals surface area (Å²) in [6.07, 6.45) is 5.59. The lowest BCUT2D eigenvalue weighted by atomic mass is 10.1. The molecule has 0 N–H and O–H groups in total. The van der Waals surface area contributed by atoms with Crippen LogP contribution in [0.3, 0.4) is 0 Å². The van der Waals surface area contributed by atoms with Gasteiger partial charge in [-0.05, 0) is 48.7 Å². The van der Waals surface area contributed by atoms with Crippen molar-refractivity contribution in [3.63, 3.8) is 0 Å². The molecule has 1 aliphatic heterocycles. The minimum atomic E-state index is -0.0984. The molecule has 9 heteroatoms. The highest BCUT2D eigenvalue weighted by atomic mass is 35.5. The molecule has 0 atom stereocenters. The van der Waals surface area contributed by atoms with Gasteiger partial charge in [0.2, 0.25) is 0 Å². The third kappa shape index (κ3) is 5.08. The molecule has 3 aromatic rings. The number of rotatable bonds is 6. The number of hydrogen-bond donors (Lipinski definition) is 0. The number of ether oxygens (including phenoxy) is 1. The lowest BCUT2D eigenvalue weighted by Gasteiger charge is -2.34. The third-order valence-electron chi connectivity index (χ3n) is 5.26. The maximum absolute atomic E-state index is 13.0. The van der Waals surface area contributed by atoms with E-state index < -0.39 is 0 Å². The first-order valence-corrected chi connectivity index (χ1v) is 11.8. The summed E-state index contributed by atoms with van der Waals surface area (Å²) in [6, 6.07) is 14.4. The number of thioether (sulfide) groups is 1. The van der Waals surface area contributed by atoms with Crippen molar-refractivity contribution in [2.45, 2.75) is 5.16 Å². The first-order valence-electron chi connectivity index (χ1n) is 10.2. The maximum atomic E-state index is 13.0. The topological polar surface area (TPSA) is 67.7 Å². The van der Waals surface area contributed by atoms with Crippen molar-refractivity contribution in [1.82, 2.24) is 19.4 Å². The number of amides is 2. The summed E-state index contributed by atoms with van der Waals surface area (Å²) in [6.45, 7) is 1.88. The second kappa shape index (κ2) is 10.1. The van der Waals surface area contributed by atoms with Crippen molar-refractivity contribution in [1.29, 1.82) is 0 Å². The Balaban J connectivity index is 1.33. The molecule has 32 heavy (non-hydrogen) atoms. The molecule has 166 valence electrons. The van der Waals surface area contributed by atoms with Gasteiger partial charge in [0, 0.05) is 54.8 Å². The number of piperazine rings is 1. The van der Waals surface area contributed by atoms with Crippen molar-refractivity contribution in [2.75, 3.05) is 39.0 Å². The van der Waals surface area contributed by atoms with E-state index in [-0.39, 0.29) is 18.4 Å². The quantitative estimate of drug-likeness (QED) is 0.515. The van der Waals surface area contributed by atoms with Crippen LogP contribution in [0, 0.1) is 0 Å². The monoisotopic (exact) mass is 470 g/mol. The van der Waals surface area contributed by atoms with E-state index in [0.717, 1.165) is 10.8 Å². The molecule has 1 saturated heterocycles. The number of carbonyl (C=O) groups excluding carboxylic acids is 2. The Morgan fingerprint density at radius 3 is 2.50 bits per heavy atom. The van der Waals surface area contributed by atoms with Crippen molar-refractivity contribution >= 4 is 35.2 Å². The van der Waals surface area contributed by atoms with Gasteiger partial charge in [0.05, 0.1) is 0 Å². The van der Waals surface area contributed by atoms with Crippen molar-refractivity contribution < 1.29 is 14.3 Å². The summed E-state index contributed by atoms with van der Waals surface area (Å²) in [5, 5.41) is 1.48. The Kier molecular flexibility index (Phi) is 7.02. The van der Waals surface area contributed by atoms with Gasteiger partial charge in [-0.25, -0.2) is 4.98 Å². The molecule has 0 aliphatic carbocycles. The number of imidazole rings is 1. The highest BCUT2D eigenvalue weighted by molar-refractivity contribution is 7.98. The normalized spacial score (nSPS) is 13.8. The van der Waals surface area contributed by atoms with Crippen LogP contribution >= 0.6 is 23.4 Å². The first-order chi connectivity index (χ1) is 15.5. The molecular weight excluding hydrogens is 448 g/mol. The molecule has 0 unspecified atom stereocenters. The number of nitrogens with zero attached hydrogens (tertiary/aromatic N) is 4. The predicted molar refractivity (Wildman–Crippen MR) is 125 cm³/mol. The minimum Gasteiger partial charge on any atom is -0.484 e. The fraction of sp³-hybridized carbons (Fsp3) is 0.261. The van der Waals surface area contributed by atoms with Crippen LogP contribution in [0.5, 0.6) is 5.75 Å². The summed E-state index contributed by atoms with van der Waals surface area (Å²) in [7, 11) is 0. The van der Waals surface area contributed by atoms with E-state index in [1.54, 1.807) is 52.0 Å². The summed E-state index contributed by atoms with van der Waals surface area (Å²) >= 11 is 7.41. The summed E-state index contributed by atoms with van der Waals surface area (Å²) in [5.41, 5.74) is 1.51. The van der Waals surface area contributed by atoms with Crippen LogP contribution < -0.4 is 4.74 Å². The Morgan fingerprint density at radius 2 is 1.78 bits per heavy atom. The van der Waals surface area contributed by atoms with Crippen molar-refractivity contribution in [3.8, 4) is 11.4 Å². The zero-order chi connectivity index (χ0) is 22.5. The Morgan fingerprint density at radius 1 is 1.06 bits per heavy atom. The number of benzene rings is 2. The largest absolute Gasteiger partial charge is 0.484 e. The van der Waals surface area contributed by atoms with Crippen LogP contribution in [-0.4, -0.2) is 70.2 Å². The molecular formula is C23H23ClN4O3S. The molecule has 1 aliphatic rings. The number of carbonyl (C=O) groups is 2. The summed E-state index contributed by atoms with van der Waals surface area (Å²) < 4.78 is 7.50. The SMILES string of the molecule is CSc1nccn1-c1cccc(C(=O)N2CCN(C(=O)COc3ccc(Cl)cc3)CC2)c1. The minimum absolute atomic E-state index is 0.0396. The van der Waals surface area contributed by atoms with E-state index in [1.165, 1.54) is 0 Å². The summed E-state index contributed by atoms with van der Waals surface area (Å²) in [5.74, 6) is 0.458. The zero-order valence-electron chi connectivity index (χ0n) is 17.6. The van der Waals surface area contributed by atoms with Crippen LogP contribution in [0.25, 0.3) is 5.69 Å². The van der Waals surface area contributed by atoms with Crippen LogP contribution in [-0.2, 0) is 4.79 Å². The van der Waals surface area contributed by atoms with Gasteiger partial charge in [-0.1, -0.05) is 29.4 Å². The van der Waals surface area contributed by atoms with Crippen LogP contribution in [0.2, 0.25) is 5.02 Å². The lowest BCUT2D eigenvalue weighted by Crippen LogP contribution is -2.51. The number of halogens is 1. The van der Waals surface area contributed by atoms with Crippen LogP contribution in [0.1, 0.15) is 10.4 Å². The standard InChI is InChI=1S/C23H23ClN4O3S/c1-32-23-25-9-10-28(23)19-4-2-3-17(15-19)22(30)27-13-11-26(12-14-27)21(29)16-31-20-7-5-18(24)6-8-20/h2-10,15H,11-14,16H2,1H3. The van der Waals surface area contributed by atoms with E-state index in [9.17, 15) is 9.59 Å². The zero-order valence-corrected chi connectivity index (χ0v) is 19.2. The predicted octanol–water partition coefficient (Wildman–Crippen LogP) is 3.61. The van der Waals surface area contributed by atoms with Gasteiger partial charge >= 0.3 is 0 Å². The maximum Gasteiger partial charge on any atom is 0.260 e. The second-order valence-electron chi connectivity index (χ2n) is 7.25. The highest BCUT2D eigenvalue weighted by Gasteiger charge is 2.25. The fourth-order valence-corrected chi connectivity index (χ4v) is 4.19. The molecule has 1 fully saturated rings. The van der Waals surface area contributed by atoms with E-state index in [0.29, 0.717) is 42.5 Å². The van der Waals surface area contributed by atoms with Gasteiger partial charge in [0.15, 0.2) is 11.8 Å². The Hall–Kier alpha value is -2.97. The van der Waals surface area contributed by atoms with E-state index in [1.807, 2.05) is 41.3 Å². The van der Waals surface area contributed by atoms with Crippen molar-refractivity contribution in [3.05, 3.63) is 71.5 Å². The van der Waals surface area contributed by atoms with Gasteiger partial charge < -0.3 is 14.5 Å². The average molecular weight is 471 g/mol. The van der Waals surface area contributed by atoms with Crippen LogP contribution in [0.15, 0.2) is 66.1 Å². The molecule has 4 rings (SSSR count). The van der Waals surface area contributed by atoms with Crippen molar-refractivity contribution in [2.24, 2.45) is 0 Å². The van der Waals surface area contributed by atoms with Gasteiger partial charge in [-0.3, -0.25) is 14.2 Å². The van der Waals surface area contributed by atoms with Gasteiger partial charge in [0.1, 0.15) is 5.75 Å². The lowest BCUT2D eigenvalue weighted by molar-refractivity contribution is -0.134. The molecule has 1 aromatic heterocycles.